The molecule has 2 N–H and O–H groups in total. The molecule has 1 aromatic heterocycles. The van der Waals surface area contributed by atoms with Crippen molar-refractivity contribution < 1.29 is 31.1 Å². The number of benzene rings is 1. The molecule has 0 aliphatic carbocycles. The van der Waals surface area contributed by atoms with Crippen molar-refractivity contribution >= 4 is 17.4 Å². The summed E-state index contributed by atoms with van der Waals surface area (Å²) in [6.45, 7) is 3.76. The number of halogens is 6. The van der Waals surface area contributed by atoms with E-state index in [0.29, 0.717) is 18.0 Å². The van der Waals surface area contributed by atoms with Crippen LogP contribution in [0.3, 0.4) is 0 Å². The van der Waals surface area contributed by atoms with Gasteiger partial charge in [0.25, 0.3) is 5.91 Å². The molecule has 1 heterocycles. The number of amides is 1. The highest BCUT2D eigenvalue weighted by molar-refractivity contribution is 6.04. The van der Waals surface area contributed by atoms with Crippen LogP contribution in [0.2, 0.25) is 0 Å². The monoisotopic (exact) mass is 391 g/mol. The van der Waals surface area contributed by atoms with Gasteiger partial charge in [0.2, 0.25) is 0 Å². The average molecular weight is 391 g/mol. The first-order valence-electron chi connectivity index (χ1n) is 7.69. The van der Waals surface area contributed by atoms with E-state index < -0.39 is 35.0 Å². The Morgan fingerprint density at radius 1 is 0.963 bits per heavy atom. The molecule has 2 aromatic rings. The second kappa shape index (κ2) is 7.45. The Labute approximate surface area is 150 Å². The Kier molecular flexibility index (Phi) is 5.67. The maximum absolute atomic E-state index is 12.9. The maximum atomic E-state index is 12.9. The van der Waals surface area contributed by atoms with Gasteiger partial charge in [-0.2, -0.15) is 26.3 Å². The van der Waals surface area contributed by atoms with Gasteiger partial charge in [-0.05, 0) is 44.2 Å². The van der Waals surface area contributed by atoms with Gasteiger partial charge in [0, 0.05) is 11.6 Å². The molecule has 10 heteroatoms. The molecular weight excluding hydrogens is 376 g/mol. The Hall–Kier alpha value is -2.78. The molecule has 2 rings (SSSR count). The number of carbonyl (C=O) groups excluding carboxylic acids is 1. The molecule has 1 amide bonds. The lowest BCUT2D eigenvalue weighted by molar-refractivity contribution is -0.143. The molecule has 0 aliphatic heterocycles. The summed E-state index contributed by atoms with van der Waals surface area (Å²) in [7, 11) is 0. The lowest BCUT2D eigenvalue weighted by atomic mass is 10.0. The minimum Gasteiger partial charge on any atom is -0.368 e. The molecular formula is C17H15F6N3O. The number of nitrogens with zero attached hydrogens (tertiary/aromatic N) is 1. The van der Waals surface area contributed by atoms with Crippen LogP contribution < -0.4 is 10.6 Å². The minimum absolute atomic E-state index is 0.0370. The van der Waals surface area contributed by atoms with Crippen LogP contribution in [0.4, 0.5) is 37.8 Å². The number of anilines is 2. The standard InChI is InChI=1S/C17H15F6N3O/c1-9(2)25-14-4-3-13(8-24-14)26-15(27)10-5-11(16(18,19)20)7-12(6-10)17(21,22)23/h3-9H,1-2H3,(H,24,25)(H,26,27). The van der Waals surface area contributed by atoms with E-state index in [2.05, 4.69) is 15.6 Å². The van der Waals surface area contributed by atoms with Gasteiger partial charge >= 0.3 is 12.4 Å². The van der Waals surface area contributed by atoms with Gasteiger partial charge in [-0.1, -0.05) is 0 Å². The fourth-order valence-corrected chi connectivity index (χ4v) is 2.14. The van der Waals surface area contributed by atoms with Crippen molar-refractivity contribution in [3.05, 3.63) is 53.2 Å². The van der Waals surface area contributed by atoms with Crippen molar-refractivity contribution in [2.75, 3.05) is 10.6 Å². The second-order valence-corrected chi connectivity index (χ2v) is 5.98. The fraction of sp³-hybridized carbons (Fsp3) is 0.294. The van der Waals surface area contributed by atoms with Crippen LogP contribution in [0.1, 0.15) is 35.3 Å². The fourth-order valence-electron chi connectivity index (χ4n) is 2.14. The third-order valence-electron chi connectivity index (χ3n) is 3.31. The Bertz CT molecular complexity index is 781. The third kappa shape index (κ3) is 5.60. The number of hydrogen-bond acceptors (Lipinski definition) is 3. The topological polar surface area (TPSA) is 54.0 Å². The minimum atomic E-state index is -5.03. The molecule has 0 spiro atoms. The van der Waals surface area contributed by atoms with Gasteiger partial charge in [0.15, 0.2) is 0 Å². The van der Waals surface area contributed by atoms with E-state index in [1.807, 2.05) is 13.8 Å². The largest absolute Gasteiger partial charge is 0.416 e. The molecule has 0 aliphatic rings. The van der Waals surface area contributed by atoms with E-state index in [0.717, 1.165) is 0 Å². The Morgan fingerprint density at radius 3 is 1.93 bits per heavy atom. The zero-order valence-corrected chi connectivity index (χ0v) is 14.2. The van der Waals surface area contributed by atoms with Crippen LogP contribution in [0.15, 0.2) is 36.5 Å². The van der Waals surface area contributed by atoms with Gasteiger partial charge in [0.05, 0.1) is 23.0 Å². The zero-order chi connectivity index (χ0) is 20.4. The molecule has 0 radical (unpaired) electrons. The molecule has 0 atom stereocenters. The molecule has 0 unspecified atom stereocenters. The highest BCUT2D eigenvalue weighted by Crippen LogP contribution is 2.36. The number of pyridine rings is 1. The smallest absolute Gasteiger partial charge is 0.368 e. The predicted molar refractivity (Wildman–Crippen MR) is 87.4 cm³/mol. The Balaban J connectivity index is 2.29. The zero-order valence-electron chi connectivity index (χ0n) is 14.2. The quantitative estimate of drug-likeness (QED) is 0.705. The number of rotatable bonds is 4. The van der Waals surface area contributed by atoms with E-state index >= 15 is 0 Å². The second-order valence-electron chi connectivity index (χ2n) is 5.98. The van der Waals surface area contributed by atoms with Crippen LogP contribution in [0.5, 0.6) is 0 Å². The molecule has 0 fully saturated rings. The van der Waals surface area contributed by atoms with Gasteiger partial charge in [-0.3, -0.25) is 4.79 Å². The molecule has 4 nitrogen and oxygen atoms in total. The number of alkyl halides is 6. The summed E-state index contributed by atoms with van der Waals surface area (Å²) < 4.78 is 77.2. The van der Waals surface area contributed by atoms with Crippen molar-refractivity contribution in [2.24, 2.45) is 0 Å². The molecule has 27 heavy (non-hydrogen) atoms. The summed E-state index contributed by atoms with van der Waals surface area (Å²) in [5.74, 6) is -0.612. The van der Waals surface area contributed by atoms with E-state index in [1.54, 1.807) is 0 Å². The summed E-state index contributed by atoms with van der Waals surface area (Å²) in [6.07, 6.45) is -8.81. The van der Waals surface area contributed by atoms with E-state index in [4.69, 9.17) is 0 Å². The van der Waals surface area contributed by atoms with Crippen molar-refractivity contribution in [1.82, 2.24) is 4.98 Å². The van der Waals surface area contributed by atoms with Gasteiger partial charge in [-0.25, -0.2) is 4.98 Å². The first kappa shape index (κ1) is 20.5. The predicted octanol–water partition coefficient (Wildman–Crippen LogP) is 5.19. The van der Waals surface area contributed by atoms with Crippen molar-refractivity contribution in [2.45, 2.75) is 32.2 Å². The van der Waals surface area contributed by atoms with Gasteiger partial charge < -0.3 is 10.6 Å². The Morgan fingerprint density at radius 2 is 1.52 bits per heavy atom. The summed E-state index contributed by atoms with van der Waals surface area (Å²) in [5, 5.41) is 5.22. The van der Waals surface area contributed by atoms with Crippen molar-refractivity contribution in [3.63, 3.8) is 0 Å². The van der Waals surface area contributed by atoms with E-state index in [-0.39, 0.29) is 17.8 Å². The van der Waals surface area contributed by atoms with Crippen LogP contribution in [0.25, 0.3) is 0 Å². The van der Waals surface area contributed by atoms with Crippen molar-refractivity contribution in [3.8, 4) is 0 Å². The summed E-state index contributed by atoms with van der Waals surface area (Å²) in [6, 6.07) is 3.74. The number of hydrogen-bond donors (Lipinski definition) is 2. The summed E-state index contributed by atoms with van der Waals surface area (Å²) in [4.78, 5) is 16.1. The van der Waals surface area contributed by atoms with Crippen LogP contribution in [-0.2, 0) is 12.4 Å². The molecule has 1 aromatic carbocycles. The van der Waals surface area contributed by atoms with Gasteiger partial charge in [-0.15, -0.1) is 0 Å². The van der Waals surface area contributed by atoms with Crippen LogP contribution in [0, 0.1) is 0 Å². The number of nitrogens with one attached hydrogen (secondary N) is 2. The molecule has 0 bridgehead atoms. The molecule has 0 saturated heterocycles. The van der Waals surface area contributed by atoms with Crippen LogP contribution >= 0.6 is 0 Å². The maximum Gasteiger partial charge on any atom is 0.416 e. The first-order chi connectivity index (χ1) is 12.4. The SMILES string of the molecule is CC(C)Nc1ccc(NC(=O)c2cc(C(F)(F)F)cc(C(F)(F)F)c2)cn1. The highest BCUT2D eigenvalue weighted by atomic mass is 19.4. The number of carbonyl (C=O) groups is 1. The first-order valence-corrected chi connectivity index (χ1v) is 7.69. The highest BCUT2D eigenvalue weighted by Gasteiger charge is 2.37. The lowest BCUT2D eigenvalue weighted by Gasteiger charge is -2.14. The third-order valence-corrected chi connectivity index (χ3v) is 3.31. The lowest BCUT2D eigenvalue weighted by Crippen LogP contribution is -2.17. The number of aromatic nitrogens is 1. The van der Waals surface area contributed by atoms with Gasteiger partial charge in [0.1, 0.15) is 5.82 Å². The van der Waals surface area contributed by atoms with Crippen LogP contribution in [-0.4, -0.2) is 16.9 Å². The summed E-state index contributed by atoms with van der Waals surface area (Å²) in [5.41, 5.74) is -3.75. The molecule has 0 saturated carbocycles. The normalized spacial score (nSPS) is 12.2. The summed E-state index contributed by atoms with van der Waals surface area (Å²) >= 11 is 0. The molecule has 146 valence electrons. The van der Waals surface area contributed by atoms with E-state index in [1.165, 1.54) is 18.3 Å². The van der Waals surface area contributed by atoms with E-state index in [9.17, 15) is 31.1 Å². The average Bonchev–Trinajstić information content (AvgIpc) is 2.54. The van der Waals surface area contributed by atoms with Crippen molar-refractivity contribution in [1.29, 1.82) is 0 Å².